The second kappa shape index (κ2) is 4.49. The molecule has 5 nitrogen and oxygen atoms in total. The zero-order valence-electron chi connectivity index (χ0n) is 9.03. The molecule has 0 saturated heterocycles. The molecule has 2 heterocycles. The summed E-state index contributed by atoms with van der Waals surface area (Å²) in [6.45, 7) is 3.83. The van der Waals surface area contributed by atoms with Gasteiger partial charge in [0.25, 0.3) is 0 Å². The molecule has 2 aromatic rings. The Labute approximate surface area is 98.3 Å². The van der Waals surface area contributed by atoms with E-state index in [0.29, 0.717) is 16.8 Å². The molecule has 0 fully saturated rings. The van der Waals surface area contributed by atoms with Crippen LogP contribution in [0.3, 0.4) is 0 Å². The highest BCUT2D eigenvalue weighted by molar-refractivity contribution is 6.29. The normalized spacial score (nSPS) is 12.4. The zero-order chi connectivity index (χ0) is 11.5. The molecule has 2 aromatic heterocycles. The summed E-state index contributed by atoms with van der Waals surface area (Å²) < 4.78 is 0. The average molecular weight is 238 g/mol. The highest BCUT2D eigenvalue weighted by atomic mass is 35.5. The van der Waals surface area contributed by atoms with E-state index in [1.807, 2.05) is 13.1 Å². The monoisotopic (exact) mass is 237 g/mol. The van der Waals surface area contributed by atoms with E-state index in [9.17, 15) is 0 Å². The SMILES string of the molecule is Cc1nc(Cl)cc(NC(C)c2cn[nH]c2)n1. The quantitative estimate of drug-likeness (QED) is 0.805. The molecule has 1 atom stereocenters. The van der Waals surface area contributed by atoms with Gasteiger partial charge in [-0.3, -0.25) is 5.10 Å². The predicted octanol–water partition coefficient (Wildman–Crippen LogP) is 2.33. The van der Waals surface area contributed by atoms with E-state index in [4.69, 9.17) is 11.6 Å². The Morgan fingerprint density at radius 1 is 1.44 bits per heavy atom. The van der Waals surface area contributed by atoms with Crippen molar-refractivity contribution in [3.8, 4) is 0 Å². The molecule has 0 saturated carbocycles. The molecule has 2 N–H and O–H groups in total. The van der Waals surface area contributed by atoms with Crippen LogP contribution in [0.15, 0.2) is 18.5 Å². The molecule has 0 aromatic carbocycles. The van der Waals surface area contributed by atoms with E-state index in [1.54, 1.807) is 19.2 Å². The average Bonchev–Trinajstić information content (AvgIpc) is 2.68. The van der Waals surface area contributed by atoms with Gasteiger partial charge in [-0.15, -0.1) is 0 Å². The largest absolute Gasteiger partial charge is 0.363 e. The summed E-state index contributed by atoms with van der Waals surface area (Å²) in [6.07, 6.45) is 3.61. The summed E-state index contributed by atoms with van der Waals surface area (Å²) in [6, 6.07) is 1.81. The van der Waals surface area contributed by atoms with Crippen molar-refractivity contribution in [1.82, 2.24) is 20.2 Å². The second-order valence-corrected chi connectivity index (χ2v) is 3.91. The maximum atomic E-state index is 5.85. The lowest BCUT2D eigenvalue weighted by Crippen LogP contribution is -2.08. The molecule has 6 heteroatoms. The minimum absolute atomic E-state index is 0.115. The molecule has 0 radical (unpaired) electrons. The molecule has 0 aliphatic carbocycles. The smallest absolute Gasteiger partial charge is 0.134 e. The molecular weight excluding hydrogens is 226 g/mol. The number of nitrogens with zero attached hydrogens (tertiary/aromatic N) is 3. The van der Waals surface area contributed by atoms with Gasteiger partial charge in [-0.05, 0) is 13.8 Å². The number of anilines is 1. The fourth-order valence-electron chi connectivity index (χ4n) is 1.41. The number of rotatable bonds is 3. The van der Waals surface area contributed by atoms with Crippen LogP contribution in [0.25, 0.3) is 0 Å². The number of hydrogen-bond donors (Lipinski definition) is 2. The van der Waals surface area contributed by atoms with Crippen LogP contribution < -0.4 is 5.32 Å². The van der Waals surface area contributed by atoms with E-state index in [1.165, 1.54) is 0 Å². The maximum absolute atomic E-state index is 5.85. The van der Waals surface area contributed by atoms with E-state index in [2.05, 4.69) is 25.5 Å². The van der Waals surface area contributed by atoms with Gasteiger partial charge in [0.15, 0.2) is 0 Å². The van der Waals surface area contributed by atoms with Gasteiger partial charge in [0.1, 0.15) is 16.8 Å². The van der Waals surface area contributed by atoms with Crippen LogP contribution in [0.5, 0.6) is 0 Å². The van der Waals surface area contributed by atoms with Crippen molar-refractivity contribution in [3.05, 3.63) is 35.0 Å². The Morgan fingerprint density at radius 3 is 2.88 bits per heavy atom. The molecule has 84 valence electrons. The maximum Gasteiger partial charge on any atom is 0.134 e. The van der Waals surface area contributed by atoms with Gasteiger partial charge in [-0.1, -0.05) is 11.6 Å². The first-order chi connectivity index (χ1) is 7.65. The highest BCUT2D eigenvalue weighted by Gasteiger charge is 2.08. The molecule has 0 spiro atoms. The Balaban J connectivity index is 2.15. The number of halogens is 1. The second-order valence-electron chi connectivity index (χ2n) is 3.52. The number of aromatic amines is 1. The minimum atomic E-state index is 0.115. The van der Waals surface area contributed by atoms with E-state index < -0.39 is 0 Å². The van der Waals surface area contributed by atoms with Crippen molar-refractivity contribution in [3.63, 3.8) is 0 Å². The molecule has 0 amide bonds. The molecule has 0 aliphatic heterocycles. The minimum Gasteiger partial charge on any atom is -0.363 e. The Morgan fingerprint density at radius 2 is 2.25 bits per heavy atom. The van der Waals surface area contributed by atoms with Gasteiger partial charge in [0, 0.05) is 17.8 Å². The molecule has 1 unspecified atom stereocenters. The summed E-state index contributed by atoms with van der Waals surface area (Å²) in [5, 5.41) is 10.3. The third-order valence-electron chi connectivity index (χ3n) is 2.19. The lowest BCUT2D eigenvalue weighted by Gasteiger charge is -2.12. The summed E-state index contributed by atoms with van der Waals surface area (Å²) in [7, 11) is 0. The van der Waals surface area contributed by atoms with Crippen LogP contribution in [-0.2, 0) is 0 Å². The van der Waals surface area contributed by atoms with Crippen LogP contribution >= 0.6 is 11.6 Å². The van der Waals surface area contributed by atoms with Crippen LogP contribution in [0, 0.1) is 6.92 Å². The molecule has 0 aliphatic rings. The molecule has 2 rings (SSSR count). The number of hydrogen-bond acceptors (Lipinski definition) is 4. The van der Waals surface area contributed by atoms with Crippen molar-refractivity contribution in [2.75, 3.05) is 5.32 Å². The fraction of sp³-hybridized carbons (Fsp3) is 0.300. The van der Waals surface area contributed by atoms with Gasteiger partial charge in [-0.25, -0.2) is 9.97 Å². The Kier molecular flexibility index (Phi) is 3.05. The van der Waals surface area contributed by atoms with Crippen LogP contribution in [0.2, 0.25) is 5.15 Å². The third-order valence-corrected chi connectivity index (χ3v) is 2.38. The zero-order valence-corrected chi connectivity index (χ0v) is 9.78. The van der Waals surface area contributed by atoms with Crippen LogP contribution in [0.1, 0.15) is 24.4 Å². The van der Waals surface area contributed by atoms with Crippen molar-refractivity contribution in [1.29, 1.82) is 0 Å². The number of nitrogens with one attached hydrogen (secondary N) is 2. The van der Waals surface area contributed by atoms with Crippen molar-refractivity contribution in [2.24, 2.45) is 0 Å². The number of H-pyrrole nitrogens is 1. The molecule has 16 heavy (non-hydrogen) atoms. The van der Waals surface area contributed by atoms with Gasteiger partial charge >= 0.3 is 0 Å². The topological polar surface area (TPSA) is 66.5 Å². The van der Waals surface area contributed by atoms with E-state index >= 15 is 0 Å². The third kappa shape index (κ3) is 2.49. The highest BCUT2D eigenvalue weighted by Crippen LogP contribution is 2.18. The number of aryl methyl sites for hydroxylation is 1. The number of aromatic nitrogens is 4. The first-order valence-electron chi connectivity index (χ1n) is 4.91. The van der Waals surface area contributed by atoms with Crippen molar-refractivity contribution in [2.45, 2.75) is 19.9 Å². The fourth-order valence-corrected chi connectivity index (χ4v) is 1.63. The van der Waals surface area contributed by atoms with Crippen molar-refractivity contribution >= 4 is 17.4 Å². The van der Waals surface area contributed by atoms with Gasteiger partial charge in [0.2, 0.25) is 0 Å². The van der Waals surface area contributed by atoms with Crippen molar-refractivity contribution < 1.29 is 0 Å². The standard InChI is InChI=1S/C10H12ClN5/c1-6(8-4-12-13-5-8)14-10-3-9(11)15-7(2)16-10/h3-6H,1-2H3,(H,12,13)(H,14,15,16). The Hall–Kier alpha value is -1.62. The lowest BCUT2D eigenvalue weighted by atomic mass is 10.2. The Bertz CT molecular complexity index is 448. The molecule has 0 bridgehead atoms. The first-order valence-corrected chi connectivity index (χ1v) is 5.29. The summed E-state index contributed by atoms with van der Waals surface area (Å²) in [5.74, 6) is 1.36. The van der Waals surface area contributed by atoms with E-state index in [0.717, 1.165) is 5.56 Å². The lowest BCUT2D eigenvalue weighted by molar-refractivity contribution is 0.868. The van der Waals surface area contributed by atoms with Gasteiger partial charge in [-0.2, -0.15) is 5.10 Å². The van der Waals surface area contributed by atoms with E-state index in [-0.39, 0.29) is 6.04 Å². The van der Waals surface area contributed by atoms with Gasteiger partial charge in [0.05, 0.1) is 12.2 Å². The van der Waals surface area contributed by atoms with Gasteiger partial charge < -0.3 is 5.32 Å². The summed E-state index contributed by atoms with van der Waals surface area (Å²) in [5.41, 5.74) is 1.06. The first kappa shape index (κ1) is 10.9. The summed E-state index contributed by atoms with van der Waals surface area (Å²) in [4.78, 5) is 8.25. The predicted molar refractivity (Wildman–Crippen MR) is 62.4 cm³/mol. The van der Waals surface area contributed by atoms with Crippen LogP contribution in [0.4, 0.5) is 5.82 Å². The molecular formula is C10H12ClN5. The van der Waals surface area contributed by atoms with Crippen LogP contribution in [-0.4, -0.2) is 20.2 Å². The summed E-state index contributed by atoms with van der Waals surface area (Å²) >= 11 is 5.85.